The van der Waals surface area contributed by atoms with E-state index < -0.39 is 0 Å². The van der Waals surface area contributed by atoms with Crippen molar-refractivity contribution in [3.8, 4) is 5.75 Å². The molecule has 22 heavy (non-hydrogen) atoms. The minimum absolute atomic E-state index is 0.314. The lowest BCUT2D eigenvalue weighted by molar-refractivity contribution is 0.0413. The summed E-state index contributed by atoms with van der Waals surface area (Å²) in [7, 11) is 0. The van der Waals surface area contributed by atoms with E-state index in [0.717, 1.165) is 64.4 Å². The predicted octanol–water partition coefficient (Wildman–Crippen LogP) is 2.99. The lowest BCUT2D eigenvalue weighted by atomic mass is 10.00. The van der Waals surface area contributed by atoms with Gasteiger partial charge in [-0.25, -0.2) is 0 Å². The minimum atomic E-state index is 0.314. The first-order chi connectivity index (χ1) is 10.8. The van der Waals surface area contributed by atoms with Gasteiger partial charge in [-0.1, -0.05) is 18.2 Å². The Kier molecular flexibility index (Phi) is 5.70. The van der Waals surface area contributed by atoms with E-state index >= 15 is 0 Å². The molecule has 0 aromatic heterocycles. The summed E-state index contributed by atoms with van der Waals surface area (Å²) in [6.07, 6.45) is 4.62. The van der Waals surface area contributed by atoms with Crippen molar-refractivity contribution in [3.63, 3.8) is 0 Å². The third-order valence-electron chi connectivity index (χ3n) is 4.45. The summed E-state index contributed by atoms with van der Waals surface area (Å²) in [4.78, 5) is 0. The van der Waals surface area contributed by atoms with Gasteiger partial charge in [-0.2, -0.15) is 0 Å². The first-order valence-corrected chi connectivity index (χ1v) is 8.49. The maximum atomic E-state index is 5.93. The van der Waals surface area contributed by atoms with Gasteiger partial charge in [0, 0.05) is 24.8 Å². The van der Waals surface area contributed by atoms with Gasteiger partial charge in [0.2, 0.25) is 0 Å². The molecule has 2 unspecified atom stereocenters. The van der Waals surface area contributed by atoms with Crippen LogP contribution in [0.2, 0.25) is 0 Å². The number of ether oxygens (including phenoxy) is 3. The average molecular weight is 305 g/mol. The van der Waals surface area contributed by atoms with Crippen LogP contribution in [0.1, 0.15) is 42.9 Å². The Labute approximate surface area is 133 Å². The molecule has 0 spiro atoms. The van der Waals surface area contributed by atoms with Crippen molar-refractivity contribution >= 4 is 0 Å². The SMILES string of the molecule is Cc1cccc2c1OCCCC2NCCCOC1CCOC1. The van der Waals surface area contributed by atoms with Gasteiger partial charge in [-0.05, 0) is 44.7 Å². The fourth-order valence-electron chi connectivity index (χ4n) is 3.22. The van der Waals surface area contributed by atoms with E-state index in [4.69, 9.17) is 14.2 Å². The molecule has 1 saturated heterocycles. The molecule has 2 aliphatic heterocycles. The molecule has 1 aromatic rings. The van der Waals surface area contributed by atoms with E-state index in [9.17, 15) is 0 Å². The second kappa shape index (κ2) is 7.95. The first-order valence-electron chi connectivity index (χ1n) is 8.49. The van der Waals surface area contributed by atoms with E-state index in [1.807, 2.05) is 0 Å². The van der Waals surface area contributed by atoms with Crippen molar-refractivity contribution in [2.45, 2.75) is 44.8 Å². The zero-order chi connectivity index (χ0) is 15.2. The first kappa shape index (κ1) is 15.8. The maximum absolute atomic E-state index is 5.93. The Balaban J connectivity index is 1.47. The van der Waals surface area contributed by atoms with Crippen molar-refractivity contribution in [1.29, 1.82) is 0 Å². The van der Waals surface area contributed by atoms with E-state index in [2.05, 4.69) is 30.4 Å². The Morgan fingerprint density at radius 3 is 3.09 bits per heavy atom. The molecule has 4 nitrogen and oxygen atoms in total. The topological polar surface area (TPSA) is 39.7 Å². The van der Waals surface area contributed by atoms with E-state index in [1.54, 1.807) is 0 Å². The van der Waals surface area contributed by atoms with Crippen LogP contribution in [0.4, 0.5) is 0 Å². The van der Waals surface area contributed by atoms with Crippen molar-refractivity contribution in [2.24, 2.45) is 0 Å². The smallest absolute Gasteiger partial charge is 0.126 e. The Morgan fingerprint density at radius 2 is 2.23 bits per heavy atom. The number of hydrogen-bond donors (Lipinski definition) is 1. The van der Waals surface area contributed by atoms with Crippen molar-refractivity contribution < 1.29 is 14.2 Å². The minimum Gasteiger partial charge on any atom is -0.493 e. The highest BCUT2D eigenvalue weighted by atomic mass is 16.5. The van der Waals surface area contributed by atoms with Crippen molar-refractivity contribution in [2.75, 3.05) is 33.0 Å². The highest BCUT2D eigenvalue weighted by Gasteiger charge is 2.20. The van der Waals surface area contributed by atoms with Crippen molar-refractivity contribution in [3.05, 3.63) is 29.3 Å². The van der Waals surface area contributed by atoms with Gasteiger partial charge in [0.05, 0.1) is 19.3 Å². The predicted molar refractivity (Wildman–Crippen MR) is 86.4 cm³/mol. The second-order valence-electron chi connectivity index (χ2n) is 6.20. The number of benzene rings is 1. The molecule has 3 rings (SSSR count). The molecule has 0 aliphatic carbocycles. The lowest BCUT2D eigenvalue weighted by Crippen LogP contribution is -2.24. The average Bonchev–Trinajstić information content (AvgIpc) is 2.95. The van der Waals surface area contributed by atoms with Gasteiger partial charge < -0.3 is 19.5 Å². The van der Waals surface area contributed by atoms with Crippen LogP contribution in [0.5, 0.6) is 5.75 Å². The van der Waals surface area contributed by atoms with Crippen LogP contribution in [-0.2, 0) is 9.47 Å². The summed E-state index contributed by atoms with van der Waals surface area (Å²) >= 11 is 0. The van der Waals surface area contributed by atoms with Crippen LogP contribution in [0, 0.1) is 6.92 Å². The molecule has 0 radical (unpaired) electrons. The number of rotatable bonds is 6. The molecular weight excluding hydrogens is 278 g/mol. The summed E-state index contributed by atoms with van der Waals surface area (Å²) in [6, 6.07) is 6.84. The molecule has 1 aromatic carbocycles. The number of aryl methyl sites for hydroxylation is 1. The third kappa shape index (κ3) is 4.00. The van der Waals surface area contributed by atoms with Crippen LogP contribution in [-0.4, -0.2) is 39.1 Å². The molecule has 2 atom stereocenters. The number of nitrogens with one attached hydrogen (secondary N) is 1. The van der Waals surface area contributed by atoms with Crippen LogP contribution >= 0.6 is 0 Å². The molecule has 2 aliphatic rings. The molecule has 122 valence electrons. The standard InChI is InChI=1S/C18H27NO3/c1-14-5-2-6-16-17(7-3-10-22-18(14)16)19-9-4-11-21-15-8-12-20-13-15/h2,5-6,15,17,19H,3-4,7-13H2,1H3. The summed E-state index contributed by atoms with van der Waals surface area (Å²) in [5.41, 5.74) is 2.54. The largest absolute Gasteiger partial charge is 0.493 e. The Bertz CT molecular complexity index is 471. The zero-order valence-corrected chi connectivity index (χ0v) is 13.5. The van der Waals surface area contributed by atoms with Crippen LogP contribution in [0.25, 0.3) is 0 Å². The van der Waals surface area contributed by atoms with Gasteiger partial charge in [-0.15, -0.1) is 0 Å². The van der Waals surface area contributed by atoms with E-state index in [1.165, 1.54) is 11.1 Å². The summed E-state index contributed by atoms with van der Waals surface area (Å²) in [5.74, 6) is 1.08. The molecule has 2 heterocycles. The molecule has 1 fully saturated rings. The van der Waals surface area contributed by atoms with Crippen molar-refractivity contribution in [1.82, 2.24) is 5.32 Å². The lowest BCUT2D eigenvalue weighted by Gasteiger charge is -2.19. The van der Waals surface area contributed by atoms with E-state index in [-0.39, 0.29) is 0 Å². The molecule has 0 amide bonds. The maximum Gasteiger partial charge on any atom is 0.126 e. The Morgan fingerprint density at radius 1 is 1.27 bits per heavy atom. The summed E-state index contributed by atoms with van der Waals surface area (Å²) in [6.45, 7) is 6.34. The number of hydrogen-bond acceptors (Lipinski definition) is 4. The molecule has 0 saturated carbocycles. The van der Waals surface area contributed by atoms with Crippen LogP contribution in [0.15, 0.2) is 18.2 Å². The molecule has 1 N–H and O–H groups in total. The fourth-order valence-corrected chi connectivity index (χ4v) is 3.22. The Hall–Kier alpha value is -1.10. The quantitative estimate of drug-likeness (QED) is 0.820. The summed E-state index contributed by atoms with van der Waals surface area (Å²) < 4.78 is 17.1. The summed E-state index contributed by atoms with van der Waals surface area (Å²) in [5, 5.41) is 3.68. The van der Waals surface area contributed by atoms with Crippen LogP contribution in [0.3, 0.4) is 0 Å². The molecule has 0 bridgehead atoms. The molecule has 4 heteroatoms. The monoisotopic (exact) mass is 305 g/mol. The second-order valence-corrected chi connectivity index (χ2v) is 6.20. The fraction of sp³-hybridized carbons (Fsp3) is 0.667. The van der Waals surface area contributed by atoms with Gasteiger partial charge in [0.25, 0.3) is 0 Å². The highest BCUT2D eigenvalue weighted by molar-refractivity contribution is 5.43. The zero-order valence-electron chi connectivity index (χ0n) is 13.5. The van der Waals surface area contributed by atoms with Gasteiger partial charge in [0.1, 0.15) is 5.75 Å². The van der Waals surface area contributed by atoms with Gasteiger partial charge in [-0.3, -0.25) is 0 Å². The number of para-hydroxylation sites is 1. The van der Waals surface area contributed by atoms with Gasteiger partial charge in [0.15, 0.2) is 0 Å². The normalized spacial score (nSPS) is 24.6. The van der Waals surface area contributed by atoms with Crippen LogP contribution < -0.4 is 10.1 Å². The van der Waals surface area contributed by atoms with E-state index in [0.29, 0.717) is 12.1 Å². The highest BCUT2D eigenvalue weighted by Crippen LogP contribution is 2.33. The molecular formula is C18H27NO3. The third-order valence-corrected chi connectivity index (χ3v) is 4.45. The number of fused-ring (bicyclic) bond motifs is 1. The van der Waals surface area contributed by atoms with Gasteiger partial charge >= 0.3 is 0 Å².